The van der Waals surface area contributed by atoms with E-state index in [4.69, 9.17) is 16.6 Å². The summed E-state index contributed by atoms with van der Waals surface area (Å²) >= 11 is 0. The van der Waals surface area contributed by atoms with Gasteiger partial charge in [0.15, 0.2) is 5.78 Å². The molecule has 1 aromatic carbocycles. The summed E-state index contributed by atoms with van der Waals surface area (Å²) in [6, 6.07) is 6.20. The first-order chi connectivity index (χ1) is 9.99. The number of H-pyrrole nitrogens is 1. The Kier molecular flexibility index (Phi) is 4.72. The molecule has 6 heteroatoms. The van der Waals surface area contributed by atoms with Crippen LogP contribution in [0, 0.1) is 0 Å². The van der Waals surface area contributed by atoms with Gasteiger partial charge in [-0.3, -0.25) is 9.59 Å². The van der Waals surface area contributed by atoms with Gasteiger partial charge >= 0.3 is 5.97 Å². The monoisotopic (exact) mass is 289 g/mol. The first-order valence-electron chi connectivity index (χ1n) is 6.80. The SMILES string of the molecule is NC(Cc1c[nH]c2ccccc12)C(=O)[C@H](N)CCC(=O)O. The van der Waals surface area contributed by atoms with E-state index >= 15 is 0 Å². The predicted molar refractivity (Wildman–Crippen MR) is 79.8 cm³/mol. The first-order valence-corrected chi connectivity index (χ1v) is 6.80. The molecule has 0 saturated heterocycles. The molecule has 6 N–H and O–H groups in total. The number of Topliss-reactive ketones (excluding diaryl/α,β-unsaturated/α-hetero) is 1. The van der Waals surface area contributed by atoms with Crippen LogP contribution in [0.3, 0.4) is 0 Å². The van der Waals surface area contributed by atoms with Crippen molar-refractivity contribution in [3.05, 3.63) is 36.0 Å². The third kappa shape index (κ3) is 3.68. The molecule has 0 amide bonds. The number of hydrogen-bond acceptors (Lipinski definition) is 4. The van der Waals surface area contributed by atoms with Crippen LogP contribution in [0.15, 0.2) is 30.5 Å². The number of carboxylic acid groups (broad SMARTS) is 1. The predicted octanol–water partition coefficient (Wildman–Crippen LogP) is 0.799. The van der Waals surface area contributed by atoms with Crippen LogP contribution in [-0.2, 0) is 16.0 Å². The number of hydrogen-bond donors (Lipinski definition) is 4. The standard InChI is InChI=1S/C15H19N3O3/c16-11(5-6-14(19)20)15(21)12(17)7-9-8-18-13-4-2-1-3-10(9)13/h1-4,8,11-12,18H,5-7,16-17H2,(H,19,20)/t11-,12?/m1/s1. The minimum Gasteiger partial charge on any atom is -0.481 e. The molecule has 0 bridgehead atoms. The van der Waals surface area contributed by atoms with E-state index in [1.54, 1.807) is 0 Å². The lowest BCUT2D eigenvalue weighted by Gasteiger charge is -2.15. The molecule has 1 aromatic heterocycles. The van der Waals surface area contributed by atoms with Crippen LogP contribution in [-0.4, -0.2) is 33.9 Å². The Morgan fingerprint density at radius 1 is 1.19 bits per heavy atom. The third-order valence-electron chi connectivity index (χ3n) is 3.51. The molecule has 0 fully saturated rings. The highest BCUT2D eigenvalue weighted by molar-refractivity contribution is 5.90. The normalized spacial score (nSPS) is 14.0. The van der Waals surface area contributed by atoms with Crippen LogP contribution >= 0.6 is 0 Å². The van der Waals surface area contributed by atoms with E-state index in [1.165, 1.54) is 0 Å². The highest BCUT2D eigenvalue weighted by Crippen LogP contribution is 2.19. The number of aromatic amines is 1. The maximum absolute atomic E-state index is 12.1. The lowest BCUT2D eigenvalue weighted by atomic mass is 9.96. The van der Waals surface area contributed by atoms with Gasteiger partial charge in [-0.05, 0) is 24.5 Å². The Hall–Kier alpha value is -2.18. The first kappa shape index (κ1) is 15.2. The Balaban J connectivity index is 2.02. The van der Waals surface area contributed by atoms with Crippen LogP contribution in [0.5, 0.6) is 0 Å². The molecule has 1 unspecified atom stereocenters. The average Bonchev–Trinajstić information content (AvgIpc) is 2.87. The lowest BCUT2D eigenvalue weighted by Crippen LogP contribution is -2.44. The molecule has 0 saturated carbocycles. The summed E-state index contributed by atoms with van der Waals surface area (Å²) in [4.78, 5) is 25.7. The van der Waals surface area contributed by atoms with Crippen molar-refractivity contribution >= 4 is 22.7 Å². The lowest BCUT2D eigenvalue weighted by molar-refractivity contribution is -0.137. The number of aromatic nitrogens is 1. The zero-order chi connectivity index (χ0) is 15.4. The molecule has 112 valence electrons. The summed E-state index contributed by atoms with van der Waals surface area (Å²) in [5.41, 5.74) is 13.6. The fourth-order valence-electron chi connectivity index (χ4n) is 2.33. The molecule has 0 aliphatic rings. The molecule has 1 heterocycles. The minimum absolute atomic E-state index is 0.107. The third-order valence-corrected chi connectivity index (χ3v) is 3.51. The van der Waals surface area contributed by atoms with Gasteiger partial charge in [-0.2, -0.15) is 0 Å². The van der Waals surface area contributed by atoms with Crippen molar-refractivity contribution in [2.24, 2.45) is 11.5 Å². The van der Waals surface area contributed by atoms with E-state index < -0.39 is 18.1 Å². The number of ketones is 1. The van der Waals surface area contributed by atoms with E-state index in [-0.39, 0.29) is 18.6 Å². The number of nitrogens with one attached hydrogen (secondary N) is 1. The topological polar surface area (TPSA) is 122 Å². The van der Waals surface area contributed by atoms with Crippen molar-refractivity contribution in [1.29, 1.82) is 0 Å². The maximum Gasteiger partial charge on any atom is 0.303 e. The molecular weight excluding hydrogens is 270 g/mol. The molecular formula is C15H19N3O3. The molecule has 0 aliphatic heterocycles. The molecule has 6 nitrogen and oxygen atoms in total. The largest absolute Gasteiger partial charge is 0.481 e. The number of carbonyl (C=O) groups is 2. The van der Waals surface area contributed by atoms with E-state index in [2.05, 4.69) is 4.98 Å². The second-order valence-electron chi connectivity index (χ2n) is 5.11. The number of benzene rings is 1. The number of aliphatic carboxylic acids is 1. The Labute approximate surface area is 122 Å². The van der Waals surface area contributed by atoms with Gasteiger partial charge in [-0.15, -0.1) is 0 Å². The number of carbonyl (C=O) groups excluding carboxylic acids is 1. The van der Waals surface area contributed by atoms with Crippen LogP contribution in [0.2, 0.25) is 0 Å². The molecule has 2 aromatic rings. The Morgan fingerprint density at radius 3 is 2.62 bits per heavy atom. The van der Waals surface area contributed by atoms with Gasteiger partial charge < -0.3 is 21.6 Å². The van der Waals surface area contributed by atoms with Crippen molar-refractivity contribution in [3.8, 4) is 0 Å². The number of para-hydroxylation sites is 1. The van der Waals surface area contributed by atoms with Crippen molar-refractivity contribution in [1.82, 2.24) is 4.98 Å². The van der Waals surface area contributed by atoms with Gasteiger partial charge in [-0.1, -0.05) is 18.2 Å². The van der Waals surface area contributed by atoms with Gasteiger partial charge in [0.1, 0.15) is 0 Å². The fourth-order valence-corrected chi connectivity index (χ4v) is 2.33. The number of fused-ring (bicyclic) bond motifs is 1. The van der Waals surface area contributed by atoms with E-state index in [1.807, 2.05) is 30.5 Å². The van der Waals surface area contributed by atoms with Gasteiger partial charge in [0, 0.05) is 23.5 Å². The smallest absolute Gasteiger partial charge is 0.303 e. The summed E-state index contributed by atoms with van der Waals surface area (Å²) in [6.07, 6.45) is 2.19. The quantitative estimate of drug-likeness (QED) is 0.600. The summed E-state index contributed by atoms with van der Waals surface area (Å²) < 4.78 is 0. The van der Waals surface area contributed by atoms with E-state index in [0.717, 1.165) is 16.5 Å². The molecule has 0 radical (unpaired) electrons. The summed E-state index contributed by atoms with van der Waals surface area (Å²) in [5.74, 6) is -1.27. The zero-order valence-electron chi connectivity index (χ0n) is 11.6. The van der Waals surface area contributed by atoms with Crippen LogP contribution in [0.25, 0.3) is 10.9 Å². The van der Waals surface area contributed by atoms with Crippen molar-refractivity contribution in [2.75, 3.05) is 0 Å². The number of rotatable bonds is 7. The number of nitrogens with two attached hydrogens (primary N) is 2. The molecule has 0 aliphatic carbocycles. The fraction of sp³-hybridized carbons (Fsp3) is 0.333. The van der Waals surface area contributed by atoms with Gasteiger partial charge in [0.25, 0.3) is 0 Å². The number of carboxylic acids is 1. The molecule has 21 heavy (non-hydrogen) atoms. The summed E-state index contributed by atoms with van der Waals surface area (Å²) in [7, 11) is 0. The summed E-state index contributed by atoms with van der Waals surface area (Å²) in [6.45, 7) is 0. The van der Waals surface area contributed by atoms with Crippen LogP contribution < -0.4 is 11.5 Å². The van der Waals surface area contributed by atoms with Crippen molar-refractivity contribution < 1.29 is 14.7 Å². The molecule has 2 rings (SSSR count). The second-order valence-corrected chi connectivity index (χ2v) is 5.11. The van der Waals surface area contributed by atoms with E-state index in [0.29, 0.717) is 6.42 Å². The summed E-state index contributed by atoms with van der Waals surface area (Å²) in [5, 5.41) is 9.63. The van der Waals surface area contributed by atoms with Crippen molar-refractivity contribution in [3.63, 3.8) is 0 Å². The van der Waals surface area contributed by atoms with Gasteiger partial charge in [0.2, 0.25) is 0 Å². The van der Waals surface area contributed by atoms with Crippen LogP contribution in [0.1, 0.15) is 18.4 Å². The Bertz CT molecular complexity index is 650. The minimum atomic E-state index is -0.969. The average molecular weight is 289 g/mol. The van der Waals surface area contributed by atoms with Crippen LogP contribution in [0.4, 0.5) is 0 Å². The highest BCUT2D eigenvalue weighted by Gasteiger charge is 2.22. The van der Waals surface area contributed by atoms with Crippen molar-refractivity contribution in [2.45, 2.75) is 31.3 Å². The van der Waals surface area contributed by atoms with E-state index in [9.17, 15) is 9.59 Å². The van der Waals surface area contributed by atoms with Gasteiger partial charge in [0.05, 0.1) is 12.1 Å². The second kappa shape index (κ2) is 6.51. The maximum atomic E-state index is 12.1. The Morgan fingerprint density at radius 2 is 1.90 bits per heavy atom. The zero-order valence-corrected chi connectivity index (χ0v) is 11.6. The highest BCUT2D eigenvalue weighted by atomic mass is 16.4. The molecule has 0 spiro atoms. The molecule has 2 atom stereocenters. The van der Waals surface area contributed by atoms with Gasteiger partial charge in [-0.25, -0.2) is 0 Å².